The summed E-state index contributed by atoms with van der Waals surface area (Å²) in [4.78, 5) is 10.3. The lowest BCUT2D eigenvalue weighted by atomic mass is 10.3. The molecule has 74 valence electrons. The maximum Gasteiger partial charge on any atom is 0.330 e. The summed E-state index contributed by atoms with van der Waals surface area (Å²) in [6.45, 7) is 2.10. The van der Waals surface area contributed by atoms with Crippen molar-refractivity contribution < 1.29 is 18.3 Å². The van der Waals surface area contributed by atoms with Crippen LogP contribution in [0.3, 0.4) is 0 Å². The first kappa shape index (κ1) is 10.2. The van der Waals surface area contributed by atoms with Crippen LogP contribution in [0.2, 0.25) is 0 Å². The van der Waals surface area contributed by atoms with Gasteiger partial charge in [0.1, 0.15) is 0 Å². The number of aliphatic carboxylic acids is 1. The molecule has 1 saturated heterocycles. The zero-order valence-electron chi connectivity index (χ0n) is 7.23. The zero-order valence-corrected chi connectivity index (χ0v) is 8.04. The second kappa shape index (κ2) is 3.47. The summed E-state index contributed by atoms with van der Waals surface area (Å²) < 4.78 is 23.1. The van der Waals surface area contributed by atoms with E-state index in [1.165, 1.54) is 17.3 Å². The predicted molar refractivity (Wildman–Crippen MR) is 46.8 cm³/mol. The summed E-state index contributed by atoms with van der Waals surface area (Å²) in [6, 6.07) is 0. The van der Waals surface area contributed by atoms with E-state index in [2.05, 4.69) is 0 Å². The molecule has 13 heavy (non-hydrogen) atoms. The molecule has 1 fully saturated rings. The van der Waals surface area contributed by atoms with Crippen LogP contribution in [0.25, 0.3) is 0 Å². The van der Waals surface area contributed by atoms with Gasteiger partial charge in [-0.2, -0.15) is 4.31 Å². The molecule has 1 heterocycles. The van der Waals surface area contributed by atoms with Crippen molar-refractivity contribution in [3.05, 3.63) is 11.6 Å². The minimum atomic E-state index is -3.05. The molecule has 1 aliphatic heterocycles. The molecule has 0 saturated carbocycles. The fourth-order valence-corrected chi connectivity index (χ4v) is 1.94. The Morgan fingerprint density at radius 3 is 2.54 bits per heavy atom. The second-order valence-electron chi connectivity index (χ2n) is 2.87. The van der Waals surface area contributed by atoms with Crippen LogP contribution in [0, 0.1) is 0 Å². The minimum Gasteiger partial charge on any atom is -0.478 e. The highest BCUT2D eigenvalue weighted by Crippen LogP contribution is 2.12. The van der Waals surface area contributed by atoms with Gasteiger partial charge in [0.05, 0.1) is 5.75 Å². The third-order valence-electron chi connectivity index (χ3n) is 1.93. The molecule has 0 unspecified atom stereocenters. The number of carboxylic acid groups (broad SMARTS) is 1. The Morgan fingerprint density at radius 1 is 1.62 bits per heavy atom. The predicted octanol–water partition coefficient (Wildman–Crippen LogP) is -0.337. The molecule has 0 bridgehead atoms. The number of rotatable bonds is 3. The van der Waals surface area contributed by atoms with Crippen molar-refractivity contribution in [2.45, 2.75) is 6.92 Å². The van der Waals surface area contributed by atoms with E-state index in [1.54, 1.807) is 0 Å². The fraction of sp³-hybridized carbons (Fsp3) is 0.571. The van der Waals surface area contributed by atoms with Crippen LogP contribution in [0.1, 0.15) is 6.92 Å². The van der Waals surface area contributed by atoms with Crippen molar-refractivity contribution in [2.75, 3.05) is 18.8 Å². The Hall–Kier alpha value is -0.880. The molecule has 1 aliphatic rings. The summed E-state index contributed by atoms with van der Waals surface area (Å²) in [5.74, 6) is -0.842. The van der Waals surface area contributed by atoms with Crippen molar-refractivity contribution in [3.8, 4) is 0 Å². The van der Waals surface area contributed by atoms with Gasteiger partial charge in [-0.3, -0.25) is 0 Å². The Balaban J connectivity index is 2.53. The van der Waals surface area contributed by atoms with Crippen molar-refractivity contribution >= 4 is 16.0 Å². The van der Waals surface area contributed by atoms with Gasteiger partial charge in [-0.05, 0) is 6.92 Å². The van der Waals surface area contributed by atoms with E-state index >= 15 is 0 Å². The zero-order chi connectivity index (χ0) is 10.1. The molecule has 5 nitrogen and oxygen atoms in total. The highest BCUT2D eigenvalue weighted by molar-refractivity contribution is 7.90. The lowest BCUT2D eigenvalue weighted by Gasteiger charge is -2.28. The molecule has 0 atom stereocenters. The summed E-state index contributed by atoms with van der Waals surface area (Å²) >= 11 is 0. The van der Waals surface area contributed by atoms with Crippen molar-refractivity contribution in [1.29, 1.82) is 0 Å². The van der Waals surface area contributed by atoms with E-state index < -0.39 is 16.0 Å². The maximum absolute atomic E-state index is 10.9. The number of nitrogens with zero attached hydrogens (tertiary/aromatic N) is 1. The van der Waals surface area contributed by atoms with Crippen LogP contribution in [0.5, 0.6) is 0 Å². The highest BCUT2D eigenvalue weighted by atomic mass is 32.2. The SMILES string of the molecule is C/C(=C\CN1CCS1(=O)=O)C(=O)O. The molecule has 0 spiro atoms. The number of hydrogen-bond donors (Lipinski definition) is 1. The van der Waals surface area contributed by atoms with Gasteiger partial charge in [0.25, 0.3) is 0 Å². The molecule has 1 rings (SSSR count). The molecular weight excluding hydrogens is 194 g/mol. The third kappa shape index (κ3) is 2.28. The van der Waals surface area contributed by atoms with E-state index in [1.807, 2.05) is 0 Å². The van der Waals surface area contributed by atoms with Crippen molar-refractivity contribution in [1.82, 2.24) is 4.31 Å². The van der Waals surface area contributed by atoms with Crippen LogP contribution < -0.4 is 0 Å². The molecule has 0 aromatic heterocycles. The number of carbonyl (C=O) groups is 1. The van der Waals surface area contributed by atoms with E-state index in [4.69, 9.17) is 5.11 Å². The van der Waals surface area contributed by atoms with Gasteiger partial charge >= 0.3 is 5.97 Å². The van der Waals surface area contributed by atoms with Gasteiger partial charge in [0.2, 0.25) is 10.0 Å². The van der Waals surface area contributed by atoms with Crippen LogP contribution in [0.4, 0.5) is 0 Å². The Bertz CT molecular complexity index is 344. The van der Waals surface area contributed by atoms with E-state index in [9.17, 15) is 13.2 Å². The number of sulfonamides is 1. The molecule has 0 aliphatic carbocycles. The number of hydrogen-bond acceptors (Lipinski definition) is 3. The van der Waals surface area contributed by atoms with E-state index in [0.29, 0.717) is 6.54 Å². The van der Waals surface area contributed by atoms with Gasteiger partial charge in [0, 0.05) is 18.7 Å². The Morgan fingerprint density at radius 2 is 2.23 bits per heavy atom. The average Bonchev–Trinajstić information content (AvgIpc) is 2.02. The lowest BCUT2D eigenvalue weighted by molar-refractivity contribution is -0.132. The third-order valence-corrected chi connectivity index (χ3v) is 3.75. The molecule has 0 aromatic rings. The van der Waals surface area contributed by atoms with E-state index in [0.717, 1.165) is 0 Å². The standard InChI is InChI=1S/C7H11NO4S/c1-6(7(9)10)2-3-8-4-5-13(8,11)12/h2H,3-5H2,1H3,(H,9,10)/b6-2+. The first-order chi connectivity index (χ1) is 5.93. The van der Waals surface area contributed by atoms with Crippen LogP contribution in [-0.4, -0.2) is 42.6 Å². The van der Waals surface area contributed by atoms with Crippen LogP contribution in [0.15, 0.2) is 11.6 Å². The molecule has 0 aromatic carbocycles. The molecule has 6 heteroatoms. The molecule has 0 radical (unpaired) electrons. The van der Waals surface area contributed by atoms with Gasteiger partial charge < -0.3 is 5.11 Å². The first-order valence-electron chi connectivity index (χ1n) is 3.81. The summed E-state index contributed by atoms with van der Waals surface area (Å²) in [5, 5.41) is 8.48. The van der Waals surface area contributed by atoms with Gasteiger partial charge in [-0.15, -0.1) is 0 Å². The van der Waals surface area contributed by atoms with Gasteiger partial charge in [-0.25, -0.2) is 13.2 Å². The monoisotopic (exact) mass is 205 g/mol. The maximum atomic E-state index is 10.9. The number of carboxylic acids is 1. The largest absolute Gasteiger partial charge is 0.478 e. The average molecular weight is 205 g/mol. The molecule has 0 amide bonds. The van der Waals surface area contributed by atoms with E-state index in [-0.39, 0.29) is 17.9 Å². The smallest absolute Gasteiger partial charge is 0.330 e. The quantitative estimate of drug-likeness (QED) is 0.640. The highest BCUT2D eigenvalue weighted by Gasteiger charge is 2.31. The first-order valence-corrected chi connectivity index (χ1v) is 5.42. The summed E-state index contributed by atoms with van der Waals surface area (Å²) in [5.41, 5.74) is 0.169. The summed E-state index contributed by atoms with van der Waals surface area (Å²) in [7, 11) is -3.05. The van der Waals surface area contributed by atoms with Crippen LogP contribution >= 0.6 is 0 Å². The topological polar surface area (TPSA) is 74.7 Å². The molecular formula is C7H11NO4S. The fourth-order valence-electron chi connectivity index (χ4n) is 0.900. The lowest BCUT2D eigenvalue weighted by Crippen LogP contribution is -2.47. The van der Waals surface area contributed by atoms with Gasteiger partial charge in [-0.1, -0.05) is 6.08 Å². The Kier molecular flexibility index (Phi) is 2.72. The minimum absolute atomic E-state index is 0.167. The normalized spacial score (nSPS) is 22.4. The van der Waals surface area contributed by atoms with Gasteiger partial charge in [0.15, 0.2) is 0 Å². The Labute approximate surface area is 76.7 Å². The second-order valence-corrected chi connectivity index (χ2v) is 4.95. The van der Waals surface area contributed by atoms with Crippen LogP contribution in [-0.2, 0) is 14.8 Å². The summed E-state index contributed by atoms with van der Waals surface area (Å²) in [6.07, 6.45) is 1.40. The molecule has 1 N–H and O–H groups in total. The van der Waals surface area contributed by atoms with Crippen molar-refractivity contribution in [3.63, 3.8) is 0 Å². The van der Waals surface area contributed by atoms with Crippen molar-refractivity contribution in [2.24, 2.45) is 0 Å².